The molecule has 0 saturated carbocycles. The van der Waals surface area contributed by atoms with Gasteiger partial charge in [0, 0.05) is 23.3 Å². The number of hydrogen-bond donors (Lipinski definition) is 1. The summed E-state index contributed by atoms with van der Waals surface area (Å²) in [7, 11) is 0. The van der Waals surface area contributed by atoms with E-state index in [0.29, 0.717) is 25.8 Å². The Labute approximate surface area is 122 Å². The van der Waals surface area contributed by atoms with E-state index in [1.54, 1.807) is 12.1 Å². The normalized spacial score (nSPS) is 10.5. The van der Waals surface area contributed by atoms with Gasteiger partial charge in [-0.05, 0) is 12.1 Å². The Morgan fingerprint density at radius 2 is 2.32 bits per heavy atom. The first kappa shape index (κ1) is 14.2. The van der Waals surface area contributed by atoms with Crippen LogP contribution in [0.5, 0.6) is 0 Å². The van der Waals surface area contributed by atoms with E-state index in [9.17, 15) is 9.18 Å². The number of halogens is 2. The Hall–Kier alpha value is -1.18. The zero-order valence-corrected chi connectivity index (χ0v) is 12.2. The Balaban J connectivity index is 2.02. The van der Waals surface area contributed by atoms with E-state index in [4.69, 9.17) is 11.6 Å². The Morgan fingerprint density at radius 1 is 1.53 bits per heavy atom. The number of thioether (sulfide) groups is 1. The van der Waals surface area contributed by atoms with Crippen molar-refractivity contribution in [2.24, 2.45) is 0 Å². The second-order valence-electron chi connectivity index (χ2n) is 3.54. The van der Waals surface area contributed by atoms with Crippen molar-refractivity contribution in [2.45, 2.75) is 17.0 Å². The second kappa shape index (κ2) is 6.31. The number of hydrogen-bond acceptors (Lipinski definition) is 5. The molecule has 2 aromatic rings. The minimum atomic E-state index is -0.341. The molecule has 0 bridgehead atoms. The molecule has 0 atom stereocenters. The predicted octanol–water partition coefficient (Wildman–Crippen LogP) is 3.58. The minimum Gasteiger partial charge on any atom is -0.301 e. The molecule has 4 nitrogen and oxygen atoms in total. The molecule has 1 aromatic heterocycles. The summed E-state index contributed by atoms with van der Waals surface area (Å²) in [6.45, 7) is 1.40. The molecule has 0 saturated heterocycles. The average molecular weight is 318 g/mol. The van der Waals surface area contributed by atoms with Crippen LogP contribution in [-0.4, -0.2) is 16.1 Å². The fraction of sp³-hybridized carbons (Fsp3) is 0.182. The average Bonchev–Trinajstić information content (AvgIpc) is 2.75. The molecular weight excluding hydrogens is 309 g/mol. The molecule has 0 aliphatic carbocycles. The lowest BCUT2D eigenvalue weighted by Crippen LogP contribution is -2.04. The Kier molecular flexibility index (Phi) is 4.73. The van der Waals surface area contributed by atoms with Gasteiger partial charge < -0.3 is 5.32 Å². The molecule has 8 heteroatoms. The van der Waals surface area contributed by atoms with E-state index in [2.05, 4.69) is 15.5 Å². The van der Waals surface area contributed by atoms with Gasteiger partial charge in [0.2, 0.25) is 11.0 Å². The van der Waals surface area contributed by atoms with E-state index in [0.717, 1.165) is 0 Å². The summed E-state index contributed by atoms with van der Waals surface area (Å²) in [5.74, 6) is -0.184. The predicted molar refractivity (Wildman–Crippen MR) is 75.2 cm³/mol. The third-order valence-electron chi connectivity index (χ3n) is 2.09. The number of amides is 1. The third-order valence-corrected chi connectivity index (χ3v) is 4.44. The smallest absolute Gasteiger partial charge is 0.223 e. The van der Waals surface area contributed by atoms with Gasteiger partial charge in [0.05, 0.1) is 0 Å². The Bertz CT molecular complexity index is 585. The molecule has 0 aliphatic rings. The summed E-state index contributed by atoms with van der Waals surface area (Å²) < 4.78 is 14.2. The van der Waals surface area contributed by atoms with Gasteiger partial charge in [0.25, 0.3) is 0 Å². The van der Waals surface area contributed by atoms with E-state index in [-0.39, 0.29) is 11.7 Å². The minimum absolute atomic E-state index is 0.204. The van der Waals surface area contributed by atoms with E-state index in [1.165, 1.54) is 36.1 Å². The van der Waals surface area contributed by atoms with Gasteiger partial charge in [-0.2, -0.15) is 0 Å². The lowest BCUT2D eigenvalue weighted by Gasteiger charge is -2.03. The maximum absolute atomic E-state index is 13.5. The molecule has 1 heterocycles. The van der Waals surface area contributed by atoms with Gasteiger partial charge >= 0.3 is 0 Å². The van der Waals surface area contributed by atoms with Crippen LogP contribution < -0.4 is 5.32 Å². The highest BCUT2D eigenvalue weighted by Gasteiger charge is 2.10. The third kappa shape index (κ3) is 3.89. The van der Waals surface area contributed by atoms with E-state index < -0.39 is 0 Å². The molecule has 1 N–H and O–H groups in total. The number of benzene rings is 1. The molecule has 1 aromatic carbocycles. The van der Waals surface area contributed by atoms with E-state index >= 15 is 0 Å². The molecule has 19 heavy (non-hydrogen) atoms. The number of aromatic nitrogens is 2. The van der Waals surface area contributed by atoms with Crippen LogP contribution in [0.4, 0.5) is 9.52 Å². The quantitative estimate of drug-likeness (QED) is 0.691. The van der Waals surface area contributed by atoms with Gasteiger partial charge in [-0.15, -0.1) is 10.2 Å². The van der Waals surface area contributed by atoms with Crippen molar-refractivity contribution in [1.82, 2.24) is 10.2 Å². The van der Waals surface area contributed by atoms with Crippen LogP contribution in [0.1, 0.15) is 12.5 Å². The maximum Gasteiger partial charge on any atom is 0.223 e. The molecule has 0 radical (unpaired) electrons. The largest absolute Gasteiger partial charge is 0.301 e. The number of carbonyl (C=O) groups is 1. The number of nitrogens with zero attached hydrogens (tertiary/aromatic N) is 2. The molecule has 0 spiro atoms. The molecule has 0 aliphatic heterocycles. The highest BCUT2D eigenvalue weighted by atomic mass is 35.5. The zero-order valence-electron chi connectivity index (χ0n) is 9.81. The standard InChI is InChI=1S/C11H9ClFN3OS2/c1-6(17)14-10-15-16-11(19-10)18-5-7-8(12)3-2-4-9(7)13/h2-4H,5H2,1H3,(H,14,15,17). The zero-order chi connectivity index (χ0) is 13.8. The van der Waals surface area contributed by atoms with Gasteiger partial charge in [-0.3, -0.25) is 4.79 Å². The van der Waals surface area contributed by atoms with Gasteiger partial charge in [0.15, 0.2) is 4.34 Å². The first-order chi connectivity index (χ1) is 9.06. The van der Waals surface area contributed by atoms with Crippen LogP contribution in [0.3, 0.4) is 0 Å². The lowest BCUT2D eigenvalue weighted by atomic mass is 10.2. The van der Waals surface area contributed by atoms with Crippen molar-refractivity contribution < 1.29 is 9.18 Å². The fourth-order valence-corrected chi connectivity index (χ4v) is 3.41. The number of anilines is 1. The lowest BCUT2D eigenvalue weighted by molar-refractivity contribution is -0.114. The van der Waals surface area contributed by atoms with Crippen molar-refractivity contribution >= 4 is 45.7 Å². The summed E-state index contributed by atoms with van der Waals surface area (Å²) in [6.07, 6.45) is 0. The first-order valence-corrected chi connectivity index (χ1v) is 7.41. The number of nitrogens with one attached hydrogen (secondary N) is 1. The van der Waals surface area contributed by atoms with Crippen LogP contribution in [-0.2, 0) is 10.5 Å². The molecule has 1 amide bonds. The van der Waals surface area contributed by atoms with Crippen molar-refractivity contribution in [1.29, 1.82) is 0 Å². The van der Waals surface area contributed by atoms with Gasteiger partial charge in [0.1, 0.15) is 5.82 Å². The van der Waals surface area contributed by atoms with Crippen molar-refractivity contribution in [3.8, 4) is 0 Å². The SMILES string of the molecule is CC(=O)Nc1nnc(SCc2c(F)cccc2Cl)s1. The fourth-order valence-electron chi connectivity index (χ4n) is 1.27. The van der Waals surface area contributed by atoms with E-state index in [1.807, 2.05) is 0 Å². The highest BCUT2D eigenvalue weighted by Crippen LogP contribution is 2.31. The summed E-state index contributed by atoms with van der Waals surface area (Å²) in [5, 5.41) is 11.0. The maximum atomic E-state index is 13.5. The summed E-state index contributed by atoms with van der Waals surface area (Å²) in [5.41, 5.74) is 0.436. The number of carbonyl (C=O) groups excluding carboxylic acids is 1. The highest BCUT2D eigenvalue weighted by molar-refractivity contribution is 8.00. The monoisotopic (exact) mass is 317 g/mol. The first-order valence-electron chi connectivity index (χ1n) is 5.23. The van der Waals surface area contributed by atoms with Crippen molar-refractivity contribution in [3.05, 3.63) is 34.6 Å². The topological polar surface area (TPSA) is 54.9 Å². The Morgan fingerprint density at radius 3 is 3.00 bits per heavy atom. The molecule has 2 rings (SSSR count). The van der Waals surface area contributed by atoms with Crippen LogP contribution in [0, 0.1) is 5.82 Å². The molecule has 100 valence electrons. The van der Waals surface area contributed by atoms with Gasteiger partial charge in [-0.1, -0.05) is 40.8 Å². The molecule has 0 fully saturated rings. The summed E-state index contributed by atoms with van der Waals surface area (Å²) >= 11 is 8.48. The van der Waals surface area contributed by atoms with Crippen LogP contribution in [0.2, 0.25) is 5.02 Å². The summed E-state index contributed by atoms with van der Waals surface area (Å²) in [4.78, 5) is 10.8. The van der Waals surface area contributed by atoms with Crippen molar-refractivity contribution in [2.75, 3.05) is 5.32 Å². The van der Waals surface area contributed by atoms with Gasteiger partial charge in [-0.25, -0.2) is 4.39 Å². The van der Waals surface area contributed by atoms with Crippen molar-refractivity contribution in [3.63, 3.8) is 0 Å². The second-order valence-corrected chi connectivity index (χ2v) is 6.15. The summed E-state index contributed by atoms with van der Waals surface area (Å²) in [6, 6.07) is 4.57. The van der Waals surface area contributed by atoms with Crippen LogP contribution in [0.15, 0.2) is 22.5 Å². The molecular formula is C11H9ClFN3OS2. The number of rotatable bonds is 4. The van der Waals surface area contributed by atoms with Crippen LogP contribution in [0.25, 0.3) is 0 Å². The molecule has 0 unspecified atom stereocenters. The van der Waals surface area contributed by atoms with Crippen LogP contribution >= 0.6 is 34.7 Å².